The second-order valence-corrected chi connectivity index (χ2v) is 7.35. The van der Waals surface area contributed by atoms with E-state index in [4.69, 9.17) is 9.47 Å². The SMILES string of the molecule is O[C@H]1CCN(CC2(O)CCOCC2)C[C@]1(O)COc1cc(F)cc(F)c1. The summed E-state index contributed by atoms with van der Waals surface area (Å²) in [4.78, 5) is 1.88. The zero-order valence-electron chi connectivity index (χ0n) is 14.5. The molecule has 1 aromatic carbocycles. The minimum absolute atomic E-state index is 0.0525. The fourth-order valence-corrected chi connectivity index (χ4v) is 3.57. The summed E-state index contributed by atoms with van der Waals surface area (Å²) in [5.41, 5.74) is -2.48. The highest BCUT2D eigenvalue weighted by Crippen LogP contribution is 2.28. The molecule has 3 N–H and O–H groups in total. The first-order valence-corrected chi connectivity index (χ1v) is 8.80. The molecule has 146 valence electrons. The van der Waals surface area contributed by atoms with Crippen molar-refractivity contribution in [2.45, 2.75) is 36.6 Å². The lowest BCUT2D eigenvalue weighted by atomic mass is 9.87. The Morgan fingerprint density at radius 3 is 2.46 bits per heavy atom. The number of hydrogen-bond acceptors (Lipinski definition) is 6. The summed E-state index contributed by atoms with van der Waals surface area (Å²) >= 11 is 0. The number of halogens is 2. The fraction of sp³-hybridized carbons (Fsp3) is 0.667. The van der Waals surface area contributed by atoms with Crippen molar-refractivity contribution in [3.63, 3.8) is 0 Å². The van der Waals surface area contributed by atoms with E-state index in [1.807, 2.05) is 4.90 Å². The number of benzene rings is 1. The van der Waals surface area contributed by atoms with Gasteiger partial charge in [-0.3, -0.25) is 4.90 Å². The maximum atomic E-state index is 13.3. The summed E-state index contributed by atoms with van der Waals surface area (Å²) in [5, 5.41) is 31.7. The van der Waals surface area contributed by atoms with E-state index in [-0.39, 0.29) is 18.9 Å². The van der Waals surface area contributed by atoms with Crippen molar-refractivity contribution in [2.75, 3.05) is 39.5 Å². The van der Waals surface area contributed by atoms with Gasteiger partial charge in [-0.05, 0) is 6.42 Å². The number of rotatable bonds is 5. The van der Waals surface area contributed by atoms with Crippen molar-refractivity contribution in [2.24, 2.45) is 0 Å². The number of hydrogen-bond donors (Lipinski definition) is 3. The number of likely N-dealkylation sites (tertiary alicyclic amines) is 1. The molecule has 0 aromatic heterocycles. The van der Waals surface area contributed by atoms with Gasteiger partial charge in [0, 0.05) is 63.9 Å². The maximum absolute atomic E-state index is 13.3. The zero-order chi connectivity index (χ0) is 18.8. The van der Waals surface area contributed by atoms with Gasteiger partial charge in [0.1, 0.15) is 29.6 Å². The van der Waals surface area contributed by atoms with E-state index in [2.05, 4.69) is 0 Å². The van der Waals surface area contributed by atoms with E-state index < -0.39 is 28.9 Å². The Morgan fingerprint density at radius 2 is 1.81 bits per heavy atom. The van der Waals surface area contributed by atoms with Crippen molar-refractivity contribution >= 4 is 0 Å². The predicted molar refractivity (Wildman–Crippen MR) is 88.9 cm³/mol. The summed E-state index contributed by atoms with van der Waals surface area (Å²) in [5.74, 6) is -1.61. The monoisotopic (exact) mass is 373 g/mol. The van der Waals surface area contributed by atoms with Crippen LogP contribution < -0.4 is 4.74 Å². The van der Waals surface area contributed by atoms with Gasteiger partial charge in [-0.1, -0.05) is 0 Å². The molecule has 0 unspecified atom stereocenters. The summed E-state index contributed by atoms with van der Waals surface area (Å²) in [7, 11) is 0. The molecule has 3 rings (SSSR count). The van der Waals surface area contributed by atoms with Gasteiger partial charge in [-0.2, -0.15) is 0 Å². The predicted octanol–water partition coefficient (Wildman–Crippen LogP) is 0.683. The third kappa shape index (κ3) is 4.69. The lowest BCUT2D eigenvalue weighted by molar-refractivity contribution is -0.154. The molecule has 2 heterocycles. The topological polar surface area (TPSA) is 82.4 Å². The highest BCUT2D eigenvalue weighted by molar-refractivity contribution is 5.24. The van der Waals surface area contributed by atoms with E-state index in [0.29, 0.717) is 45.6 Å². The Balaban J connectivity index is 1.62. The Kier molecular flexibility index (Phi) is 5.78. The van der Waals surface area contributed by atoms with Crippen molar-refractivity contribution in [1.29, 1.82) is 0 Å². The molecular formula is C18H25F2NO5. The molecule has 6 nitrogen and oxygen atoms in total. The quantitative estimate of drug-likeness (QED) is 0.704. The van der Waals surface area contributed by atoms with Gasteiger partial charge < -0.3 is 24.8 Å². The minimum atomic E-state index is -1.59. The third-order valence-corrected chi connectivity index (χ3v) is 5.10. The molecule has 2 aliphatic heterocycles. The normalized spacial score (nSPS) is 29.5. The van der Waals surface area contributed by atoms with Crippen LogP contribution >= 0.6 is 0 Å². The van der Waals surface area contributed by atoms with Crippen molar-refractivity contribution in [3.05, 3.63) is 29.8 Å². The molecule has 0 spiro atoms. The largest absolute Gasteiger partial charge is 0.490 e. The number of ether oxygens (including phenoxy) is 2. The molecule has 2 atom stereocenters. The van der Waals surface area contributed by atoms with E-state index in [9.17, 15) is 24.1 Å². The Bertz CT molecular complexity index is 605. The summed E-state index contributed by atoms with van der Waals surface area (Å²) < 4.78 is 37.1. The van der Waals surface area contributed by atoms with Crippen LogP contribution in [0.25, 0.3) is 0 Å². The molecule has 8 heteroatoms. The second-order valence-electron chi connectivity index (χ2n) is 7.35. The summed E-state index contributed by atoms with van der Waals surface area (Å²) in [6.45, 7) is 1.66. The number of piperidine rings is 1. The standard InChI is InChI=1S/C18H25F2NO5/c19-13-7-14(20)9-15(8-13)26-12-18(24)11-21(4-1-16(18)22)10-17(23)2-5-25-6-3-17/h7-9,16,22-24H,1-6,10-12H2/t16-,18-/m0/s1. The summed E-state index contributed by atoms with van der Waals surface area (Å²) in [6, 6.07) is 2.77. The van der Waals surface area contributed by atoms with Gasteiger partial charge in [0.2, 0.25) is 0 Å². The molecule has 0 radical (unpaired) electrons. The van der Waals surface area contributed by atoms with Crippen LogP contribution in [0.4, 0.5) is 8.78 Å². The smallest absolute Gasteiger partial charge is 0.137 e. The van der Waals surface area contributed by atoms with E-state index in [1.54, 1.807) is 0 Å². The molecule has 2 saturated heterocycles. The molecular weight excluding hydrogens is 348 g/mol. The van der Waals surface area contributed by atoms with Gasteiger partial charge in [0.05, 0.1) is 11.7 Å². The van der Waals surface area contributed by atoms with Crippen LogP contribution in [0, 0.1) is 11.6 Å². The summed E-state index contributed by atoms with van der Waals surface area (Å²) in [6.07, 6.45) is 0.318. The Labute approximate surface area is 150 Å². The lowest BCUT2D eigenvalue weighted by Crippen LogP contribution is -2.62. The van der Waals surface area contributed by atoms with Crippen molar-refractivity contribution in [1.82, 2.24) is 4.90 Å². The molecule has 0 bridgehead atoms. The molecule has 2 aliphatic rings. The molecule has 1 aromatic rings. The number of β-amino-alcohol motifs (C(OH)–C–C–N with tert-alkyl or cyclic N) is 2. The van der Waals surface area contributed by atoms with Crippen LogP contribution in [0.3, 0.4) is 0 Å². The number of aliphatic hydroxyl groups excluding tert-OH is 1. The van der Waals surface area contributed by atoms with Crippen LogP contribution in [0.1, 0.15) is 19.3 Å². The third-order valence-electron chi connectivity index (χ3n) is 5.10. The highest BCUT2D eigenvalue weighted by Gasteiger charge is 2.44. The van der Waals surface area contributed by atoms with E-state index in [1.165, 1.54) is 0 Å². The average Bonchev–Trinajstić information content (AvgIpc) is 2.56. The first-order chi connectivity index (χ1) is 12.3. The second kappa shape index (κ2) is 7.74. The molecule has 2 fully saturated rings. The Hall–Kier alpha value is -1.32. The van der Waals surface area contributed by atoms with Crippen LogP contribution in [-0.4, -0.2) is 77.0 Å². The molecule has 0 saturated carbocycles. The number of aliphatic hydroxyl groups is 3. The van der Waals surface area contributed by atoms with Crippen LogP contribution in [0.2, 0.25) is 0 Å². The van der Waals surface area contributed by atoms with Crippen molar-refractivity contribution in [3.8, 4) is 5.75 Å². The first kappa shape index (κ1) is 19.4. The van der Waals surface area contributed by atoms with Gasteiger partial charge in [0.25, 0.3) is 0 Å². The van der Waals surface area contributed by atoms with Crippen LogP contribution in [-0.2, 0) is 4.74 Å². The molecule has 26 heavy (non-hydrogen) atoms. The Morgan fingerprint density at radius 1 is 1.15 bits per heavy atom. The van der Waals surface area contributed by atoms with Gasteiger partial charge in [-0.15, -0.1) is 0 Å². The molecule has 0 aliphatic carbocycles. The first-order valence-electron chi connectivity index (χ1n) is 8.80. The van der Waals surface area contributed by atoms with Crippen molar-refractivity contribution < 1.29 is 33.6 Å². The van der Waals surface area contributed by atoms with Gasteiger partial charge in [0.15, 0.2) is 0 Å². The maximum Gasteiger partial charge on any atom is 0.137 e. The minimum Gasteiger partial charge on any atom is -0.490 e. The van der Waals surface area contributed by atoms with Crippen LogP contribution in [0.15, 0.2) is 18.2 Å². The fourth-order valence-electron chi connectivity index (χ4n) is 3.57. The highest BCUT2D eigenvalue weighted by atomic mass is 19.1. The van der Waals surface area contributed by atoms with E-state index in [0.717, 1.165) is 18.2 Å². The van der Waals surface area contributed by atoms with Gasteiger partial charge in [-0.25, -0.2) is 8.78 Å². The lowest BCUT2D eigenvalue weighted by Gasteiger charge is -2.45. The zero-order valence-corrected chi connectivity index (χ0v) is 14.5. The van der Waals surface area contributed by atoms with E-state index >= 15 is 0 Å². The van der Waals surface area contributed by atoms with Crippen LogP contribution in [0.5, 0.6) is 5.75 Å². The number of nitrogens with zero attached hydrogens (tertiary/aromatic N) is 1. The molecule has 0 amide bonds. The average molecular weight is 373 g/mol. The van der Waals surface area contributed by atoms with Gasteiger partial charge >= 0.3 is 0 Å².